The Kier molecular flexibility index (Phi) is 3.77. The second-order valence-corrected chi connectivity index (χ2v) is 5.43. The van der Waals surface area contributed by atoms with Crippen molar-refractivity contribution in [3.63, 3.8) is 0 Å². The van der Waals surface area contributed by atoms with Gasteiger partial charge in [0.15, 0.2) is 6.04 Å². The third-order valence-corrected chi connectivity index (χ3v) is 3.93. The summed E-state index contributed by atoms with van der Waals surface area (Å²) in [6.07, 6.45) is 1.59. The van der Waals surface area contributed by atoms with Crippen molar-refractivity contribution in [1.29, 1.82) is 0 Å². The number of carboxylic acid groups (broad SMARTS) is 1. The van der Waals surface area contributed by atoms with E-state index in [1.54, 1.807) is 44.4 Å². The molecule has 7 nitrogen and oxygen atoms in total. The monoisotopic (exact) mass is 315 g/mol. The molecule has 1 aromatic heterocycles. The van der Waals surface area contributed by atoms with E-state index in [1.807, 2.05) is 0 Å². The smallest absolute Gasteiger partial charge is 0.331 e. The van der Waals surface area contributed by atoms with E-state index < -0.39 is 12.0 Å². The number of benzene rings is 1. The molecule has 0 radical (unpaired) electrons. The van der Waals surface area contributed by atoms with E-state index in [2.05, 4.69) is 5.10 Å². The molecule has 7 heteroatoms. The first-order chi connectivity index (χ1) is 11.0. The van der Waals surface area contributed by atoms with Gasteiger partial charge < -0.3 is 14.7 Å². The third-order valence-electron chi connectivity index (χ3n) is 3.93. The average Bonchev–Trinajstić information content (AvgIpc) is 2.74. The van der Waals surface area contributed by atoms with Gasteiger partial charge in [0.05, 0.1) is 12.7 Å². The topological polar surface area (TPSA) is 84.7 Å². The second kappa shape index (κ2) is 5.75. The molecule has 3 rings (SSSR count). The van der Waals surface area contributed by atoms with Crippen molar-refractivity contribution < 1.29 is 19.4 Å². The maximum atomic E-state index is 12.9. The lowest BCUT2D eigenvalue weighted by Crippen LogP contribution is -2.41. The molecule has 1 aliphatic rings. The standard InChI is InChI=1S/C16H17N3O4/c1-10-9-17-18(2)13(10)15(20)19-7-8-23-12-6-4-3-5-11(12)14(19)16(21)22/h3-6,9,14H,7-8H2,1-2H3,(H,21,22). The Labute approximate surface area is 133 Å². The van der Waals surface area contributed by atoms with Crippen molar-refractivity contribution in [1.82, 2.24) is 14.7 Å². The predicted octanol–water partition coefficient (Wildman–Crippen LogP) is 1.39. The number of hydrogen-bond acceptors (Lipinski definition) is 4. The summed E-state index contributed by atoms with van der Waals surface area (Å²) in [7, 11) is 1.66. The number of para-hydroxylation sites is 1. The van der Waals surface area contributed by atoms with Crippen molar-refractivity contribution in [3.05, 3.63) is 47.3 Å². The molecule has 2 aromatic rings. The Hall–Kier alpha value is -2.83. The van der Waals surface area contributed by atoms with E-state index in [-0.39, 0.29) is 19.1 Å². The highest BCUT2D eigenvalue weighted by Crippen LogP contribution is 2.33. The minimum Gasteiger partial charge on any atom is -0.491 e. The number of aryl methyl sites for hydroxylation is 2. The molecule has 0 aliphatic carbocycles. The molecule has 0 saturated heterocycles. The molecule has 1 atom stereocenters. The second-order valence-electron chi connectivity index (χ2n) is 5.43. The maximum absolute atomic E-state index is 12.9. The number of aliphatic carboxylic acids is 1. The molecular formula is C16H17N3O4. The quantitative estimate of drug-likeness (QED) is 0.905. The fourth-order valence-electron chi connectivity index (χ4n) is 2.86. The molecule has 120 valence electrons. The highest BCUT2D eigenvalue weighted by Gasteiger charge is 2.37. The Morgan fingerprint density at radius 2 is 2.09 bits per heavy atom. The minimum atomic E-state index is -1.09. The van der Waals surface area contributed by atoms with E-state index in [9.17, 15) is 14.7 Å². The zero-order valence-electron chi connectivity index (χ0n) is 12.9. The van der Waals surface area contributed by atoms with Crippen LogP contribution in [-0.4, -0.2) is 44.8 Å². The number of nitrogens with zero attached hydrogens (tertiary/aromatic N) is 3. The van der Waals surface area contributed by atoms with E-state index in [0.717, 1.165) is 0 Å². The van der Waals surface area contributed by atoms with Crippen LogP contribution in [0.3, 0.4) is 0 Å². The molecule has 2 heterocycles. The van der Waals surface area contributed by atoms with E-state index >= 15 is 0 Å². The third kappa shape index (κ3) is 2.54. The van der Waals surface area contributed by atoms with Crippen LogP contribution >= 0.6 is 0 Å². The Bertz CT molecular complexity index is 749. The van der Waals surface area contributed by atoms with E-state index in [0.29, 0.717) is 22.6 Å². The van der Waals surface area contributed by atoms with Crippen molar-refractivity contribution >= 4 is 11.9 Å². The summed E-state index contributed by atoms with van der Waals surface area (Å²) in [4.78, 5) is 26.1. The minimum absolute atomic E-state index is 0.190. The van der Waals surface area contributed by atoms with Gasteiger partial charge in [0.25, 0.3) is 5.91 Å². The summed E-state index contributed by atoms with van der Waals surface area (Å²) in [5, 5.41) is 13.8. The van der Waals surface area contributed by atoms with Crippen LogP contribution in [0.1, 0.15) is 27.7 Å². The molecule has 0 fully saturated rings. The van der Waals surface area contributed by atoms with Crippen LogP contribution in [-0.2, 0) is 11.8 Å². The molecule has 0 spiro atoms. The number of rotatable bonds is 2. The van der Waals surface area contributed by atoms with Crippen LogP contribution in [0.15, 0.2) is 30.5 Å². The van der Waals surface area contributed by atoms with Gasteiger partial charge in [0, 0.05) is 12.6 Å². The van der Waals surface area contributed by atoms with Crippen molar-refractivity contribution in [2.75, 3.05) is 13.2 Å². The highest BCUT2D eigenvalue weighted by molar-refractivity contribution is 5.97. The zero-order chi connectivity index (χ0) is 16.6. The molecule has 1 unspecified atom stereocenters. The fourth-order valence-corrected chi connectivity index (χ4v) is 2.86. The van der Waals surface area contributed by atoms with Crippen molar-refractivity contribution in [2.45, 2.75) is 13.0 Å². The fraction of sp³-hybridized carbons (Fsp3) is 0.312. The van der Waals surface area contributed by atoms with Crippen LogP contribution in [0.2, 0.25) is 0 Å². The number of fused-ring (bicyclic) bond motifs is 1. The maximum Gasteiger partial charge on any atom is 0.331 e. The van der Waals surface area contributed by atoms with Gasteiger partial charge in [-0.3, -0.25) is 9.48 Å². The lowest BCUT2D eigenvalue weighted by Gasteiger charge is -2.27. The van der Waals surface area contributed by atoms with E-state index in [4.69, 9.17) is 4.74 Å². The Morgan fingerprint density at radius 3 is 2.74 bits per heavy atom. The van der Waals surface area contributed by atoms with Gasteiger partial charge in [0.1, 0.15) is 18.1 Å². The number of ether oxygens (including phenoxy) is 1. The Morgan fingerprint density at radius 1 is 1.35 bits per heavy atom. The number of aromatic nitrogens is 2. The molecule has 23 heavy (non-hydrogen) atoms. The van der Waals surface area contributed by atoms with Gasteiger partial charge >= 0.3 is 5.97 Å². The summed E-state index contributed by atoms with van der Waals surface area (Å²) in [5.74, 6) is -0.955. The largest absolute Gasteiger partial charge is 0.491 e. The first-order valence-electron chi connectivity index (χ1n) is 7.25. The lowest BCUT2D eigenvalue weighted by atomic mass is 10.0. The van der Waals surface area contributed by atoms with Gasteiger partial charge in [-0.2, -0.15) is 5.10 Å². The van der Waals surface area contributed by atoms with Crippen LogP contribution in [0, 0.1) is 6.92 Å². The van der Waals surface area contributed by atoms with Crippen LogP contribution in [0.4, 0.5) is 0 Å². The van der Waals surface area contributed by atoms with Crippen molar-refractivity contribution in [2.24, 2.45) is 7.05 Å². The molecule has 1 amide bonds. The van der Waals surface area contributed by atoms with Gasteiger partial charge in [-0.15, -0.1) is 0 Å². The number of carbonyl (C=O) groups is 2. The normalized spacial score (nSPS) is 17.1. The van der Waals surface area contributed by atoms with Crippen LogP contribution in [0.5, 0.6) is 5.75 Å². The molecule has 0 bridgehead atoms. The zero-order valence-corrected chi connectivity index (χ0v) is 12.9. The van der Waals surface area contributed by atoms with E-state index in [1.165, 1.54) is 9.58 Å². The number of amides is 1. The molecular weight excluding hydrogens is 298 g/mol. The van der Waals surface area contributed by atoms with Gasteiger partial charge in [-0.1, -0.05) is 18.2 Å². The Balaban J connectivity index is 2.07. The molecule has 1 aliphatic heterocycles. The summed E-state index contributed by atoms with van der Waals surface area (Å²) < 4.78 is 7.07. The van der Waals surface area contributed by atoms with Gasteiger partial charge in [0.2, 0.25) is 0 Å². The summed E-state index contributed by atoms with van der Waals surface area (Å²) in [6, 6.07) is 5.82. The molecule has 1 aromatic carbocycles. The SMILES string of the molecule is Cc1cnn(C)c1C(=O)N1CCOc2ccccc2C1C(=O)O. The van der Waals surface area contributed by atoms with Gasteiger partial charge in [-0.05, 0) is 18.6 Å². The molecule has 1 N–H and O–H groups in total. The summed E-state index contributed by atoms with van der Waals surface area (Å²) in [6.45, 7) is 2.21. The lowest BCUT2D eigenvalue weighted by molar-refractivity contribution is -0.142. The summed E-state index contributed by atoms with van der Waals surface area (Å²) in [5.41, 5.74) is 1.57. The average molecular weight is 315 g/mol. The number of carbonyl (C=O) groups excluding carboxylic acids is 1. The first-order valence-corrected chi connectivity index (χ1v) is 7.25. The number of carboxylic acids is 1. The van der Waals surface area contributed by atoms with Gasteiger partial charge in [-0.25, -0.2) is 4.79 Å². The number of hydrogen-bond donors (Lipinski definition) is 1. The highest BCUT2D eigenvalue weighted by atomic mass is 16.5. The van der Waals surface area contributed by atoms with Crippen LogP contribution in [0.25, 0.3) is 0 Å². The van der Waals surface area contributed by atoms with Crippen LogP contribution < -0.4 is 4.74 Å². The van der Waals surface area contributed by atoms with Crippen molar-refractivity contribution in [3.8, 4) is 5.75 Å². The predicted molar refractivity (Wildman–Crippen MR) is 81.3 cm³/mol. The molecule has 0 saturated carbocycles. The summed E-state index contributed by atoms with van der Waals surface area (Å²) >= 11 is 0. The first kappa shape index (κ1) is 15.1.